The molecule has 6 rings (SSSR count). The highest BCUT2D eigenvalue weighted by Crippen LogP contribution is 2.40. The fourth-order valence-electron chi connectivity index (χ4n) is 6.94. The summed E-state index contributed by atoms with van der Waals surface area (Å²) in [5.41, 5.74) is 2.10. The average molecular weight is 581 g/mol. The molecule has 0 bridgehead atoms. The van der Waals surface area contributed by atoms with E-state index < -0.39 is 5.54 Å². The van der Waals surface area contributed by atoms with Crippen molar-refractivity contribution < 1.29 is 19.1 Å². The van der Waals surface area contributed by atoms with Gasteiger partial charge in [0.05, 0.1) is 13.8 Å². The maximum absolute atomic E-state index is 14.2. The summed E-state index contributed by atoms with van der Waals surface area (Å²) in [7, 11) is 1.59. The Morgan fingerprint density at radius 3 is 2.19 bits per heavy atom. The summed E-state index contributed by atoms with van der Waals surface area (Å²) in [6.07, 6.45) is 4.01. The molecule has 0 aliphatic carbocycles. The van der Waals surface area contributed by atoms with E-state index in [-0.39, 0.29) is 24.3 Å². The third kappa shape index (κ3) is 5.96. The van der Waals surface area contributed by atoms with Gasteiger partial charge in [0.2, 0.25) is 5.91 Å². The van der Waals surface area contributed by atoms with Crippen LogP contribution in [0.25, 0.3) is 0 Å². The number of para-hydroxylation sites is 1. The van der Waals surface area contributed by atoms with Crippen LogP contribution in [0.1, 0.15) is 41.6 Å². The summed E-state index contributed by atoms with van der Waals surface area (Å²) in [4.78, 5) is 48.6. The molecule has 0 aromatic heterocycles. The lowest BCUT2D eigenvalue weighted by Gasteiger charge is -2.43. The molecule has 0 atom stereocenters. The van der Waals surface area contributed by atoms with Crippen LogP contribution in [0, 0.1) is 5.92 Å². The quantitative estimate of drug-likeness (QED) is 0.413. The molecule has 0 radical (unpaired) electrons. The molecule has 1 spiro atoms. The van der Waals surface area contributed by atoms with E-state index in [9.17, 15) is 14.4 Å². The SMILES string of the molecule is COc1cccc(C(=O)N2CCC3(CC2)C(=O)N(CC(=O)N2CCC(Cc4ccccc4)CC2)CN3c2ccccc2)c1. The Labute approximate surface area is 253 Å². The molecule has 3 saturated heterocycles. The number of nitrogens with zero attached hydrogens (tertiary/aromatic N) is 4. The first-order valence-corrected chi connectivity index (χ1v) is 15.3. The largest absolute Gasteiger partial charge is 0.497 e. The topological polar surface area (TPSA) is 73.4 Å². The smallest absolute Gasteiger partial charge is 0.253 e. The Bertz CT molecular complexity index is 1430. The highest BCUT2D eigenvalue weighted by molar-refractivity contribution is 5.98. The molecule has 3 fully saturated rings. The van der Waals surface area contributed by atoms with Crippen molar-refractivity contribution in [3.05, 3.63) is 96.1 Å². The van der Waals surface area contributed by atoms with Crippen LogP contribution in [0.15, 0.2) is 84.9 Å². The number of piperidine rings is 2. The first-order valence-electron chi connectivity index (χ1n) is 15.3. The minimum Gasteiger partial charge on any atom is -0.497 e. The van der Waals surface area contributed by atoms with Gasteiger partial charge in [-0.1, -0.05) is 54.6 Å². The van der Waals surface area contributed by atoms with Crippen molar-refractivity contribution in [1.29, 1.82) is 0 Å². The average Bonchev–Trinajstić information content (AvgIpc) is 3.32. The Morgan fingerprint density at radius 2 is 1.51 bits per heavy atom. The highest BCUT2D eigenvalue weighted by Gasteiger charge is 2.54. The molecule has 0 N–H and O–H groups in total. The van der Waals surface area contributed by atoms with E-state index in [2.05, 4.69) is 29.2 Å². The van der Waals surface area contributed by atoms with Gasteiger partial charge in [0, 0.05) is 37.4 Å². The van der Waals surface area contributed by atoms with Crippen LogP contribution in [0.2, 0.25) is 0 Å². The van der Waals surface area contributed by atoms with Gasteiger partial charge in [0.15, 0.2) is 0 Å². The molecule has 43 heavy (non-hydrogen) atoms. The number of likely N-dealkylation sites (tertiary alicyclic amines) is 2. The van der Waals surface area contributed by atoms with E-state index in [0.717, 1.165) is 38.0 Å². The number of ether oxygens (including phenoxy) is 1. The predicted molar refractivity (Wildman–Crippen MR) is 166 cm³/mol. The van der Waals surface area contributed by atoms with Crippen LogP contribution < -0.4 is 9.64 Å². The molecule has 3 heterocycles. The summed E-state index contributed by atoms with van der Waals surface area (Å²) in [6.45, 7) is 2.83. The first kappa shape index (κ1) is 28.8. The highest BCUT2D eigenvalue weighted by atomic mass is 16.5. The molecular weight excluding hydrogens is 540 g/mol. The van der Waals surface area contributed by atoms with Crippen molar-refractivity contribution in [2.45, 2.75) is 37.6 Å². The van der Waals surface area contributed by atoms with Crippen molar-refractivity contribution >= 4 is 23.4 Å². The number of rotatable bonds is 7. The van der Waals surface area contributed by atoms with Gasteiger partial charge in [-0.3, -0.25) is 14.4 Å². The van der Waals surface area contributed by atoms with E-state index in [1.54, 1.807) is 24.1 Å². The lowest BCUT2D eigenvalue weighted by atomic mass is 9.85. The van der Waals surface area contributed by atoms with Gasteiger partial charge in [0.25, 0.3) is 11.8 Å². The Kier molecular flexibility index (Phi) is 8.36. The molecule has 224 valence electrons. The number of carbonyl (C=O) groups excluding carboxylic acids is 3. The number of carbonyl (C=O) groups is 3. The monoisotopic (exact) mass is 580 g/mol. The maximum Gasteiger partial charge on any atom is 0.253 e. The first-order chi connectivity index (χ1) is 21.0. The van der Waals surface area contributed by atoms with E-state index in [4.69, 9.17) is 4.74 Å². The summed E-state index contributed by atoms with van der Waals surface area (Å²) in [6, 6.07) is 27.7. The normalized spacial score (nSPS) is 18.8. The molecule has 3 aliphatic heterocycles. The van der Waals surface area contributed by atoms with Crippen LogP contribution in [-0.4, -0.2) is 84.5 Å². The van der Waals surface area contributed by atoms with E-state index in [1.165, 1.54) is 5.56 Å². The zero-order valence-electron chi connectivity index (χ0n) is 24.9. The Balaban J connectivity index is 1.12. The van der Waals surface area contributed by atoms with Crippen LogP contribution in [-0.2, 0) is 16.0 Å². The van der Waals surface area contributed by atoms with Gasteiger partial charge in [-0.25, -0.2) is 0 Å². The van der Waals surface area contributed by atoms with Crippen molar-refractivity contribution in [3.8, 4) is 5.75 Å². The second-order valence-electron chi connectivity index (χ2n) is 12.0. The molecule has 3 aromatic carbocycles. The zero-order valence-corrected chi connectivity index (χ0v) is 24.9. The minimum absolute atomic E-state index is 0.0159. The molecule has 0 saturated carbocycles. The molecule has 3 amide bonds. The lowest BCUT2D eigenvalue weighted by Crippen LogP contribution is -2.57. The van der Waals surface area contributed by atoms with Gasteiger partial charge in [-0.2, -0.15) is 0 Å². The number of amides is 3. The predicted octanol–water partition coefficient (Wildman–Crippen LogP) is 4.46. The van der Waals surface area contributed by atoms with E-state index in [1.807, 2.05) is 58.3 Å². The number of methoxy groups -OCH3 is 1. The minimum atomic E-state index is -0.782. The zero-order chi connectivity index (χ0) is 29.8. The van der Waals surface area contributed by atoms with Gasteiger partial charge in [-0.15, -0.1) is 0 Å². The second kappa shape index (κ2) is 12.5. The summed E-state index contributed by atoms with van der Waals surface area (Å²) in [5.74, 6) is 1.15. The Morgan fingerprint density at radius 1 is 0.837 bits per heavy atom. The maximum atomic E-state index is 14.2. The third-order valence-electron chi connectivity index (χ3n) is 9.44. The number of hydrogen-bond donors (Lipinski definition) is 0. The third-order valence-corrected chi connectivity index (χ3v) is 9.44. The van der Waals surface area contributed by atoms with Gasteiger partial charge in [-0.05, 0) is 73.9 Å². The van der Waals surface area contributed by atoms with Gasteiger partial charge in [0.1, 0.15) is 17.8 Å². The number of anilines is 1. The number of benzene rings is 3. The van der Waals surface area contributed by atoms with Crippen molar-refractivity contribution in [3.63, 3.8) is 0 Å². The number of hydrogen-bond acceptors (Lipinski definition) is 5. The standard InChI is InChI=1S/C35H40N4O4/c1-43-31-14-8-11-29(24-31)33(41)37-21-17-35(18-22-37)34(42)38(26-39(35)30-12-6-3-7-13-30)25-32(40)36-19-15-28(16-20-36)23-27-9-4-2-5-10-27/h2-14,24,28H,15-23,25-26H2,1H3. The summed E-state index contributed by atoms with van der Waals surface area (Å²) < 4.78 is 5.30. The van der Waals surface area contributed by atoms with Crippen LogP contribution in [0.3, 0.4) is 0 Å². The lowest BCUT2D eigenvalue weighted by molar-refractivity contribution is -0.141. The molecule has 3 aromatic rings. The van der Waals surface area contributed by atoms with E-state index in [0.29, 0.717) is 49.8 Å². The molecular formula is C35H40N4O4. The fraction of sp³-hybridized carbons (Fsp3) is 0.400. The molecule has 0 unspecified atom stereocenters. The Hall–Kier alpha value is -4.33. The molecule has 3 aliphatic rings. The second-order valence-corrected chi connectivity index (χ2v) is 12.0. The summed E-state index contributed by atoms with van der Waals surface area (Å²) >= 11 is 0. The van der Waals surface area contributed by atoms with Crippen molar-refractivity contribution in [1.82, 2.24) is 14.7 Å². The van der Waals surface area contributed by atoms with Gasteiger partial charge >= 0.3 is 0 Å². The molecule has 8 heteroatoms. The van der Waals surface area contributed by atoms with E-state index >= 15 is 0 Å². The van der Waals surface area contributed by atoms with Crippen LogP contribution in [0.5, 0.6) is 5.75 Å². The summed E-state index contributed by atoms with van der Waals surface area (Å²) in [5, 5.41) is 0. The van der Waals surface area contributed by atoms with Crippen LogP contribution >= 0.6 is 0 Å². The van der Waals surface area contributed by atoms with Crippen molar-refractivity contribution in [2.75, 3.05) is 51.4 Å². The van der Waals surface area contributed by atoms with Crippen LogP contribution in [0.4, 0.5) is 5.69 Å². The van der Waals surface area contributed by atoms with Gasteiger partial charge < -0.3 is 24.3 Å². The fourth-order valence-corrected chi connectivity index (χ4v) is 6.94. The molecule has 8 nitrogen and oxygen atoms in total. The van der Waals surface area contributed by atoms with Crippen molar-refractivity contribution in [2.24, 2.45) is 5.92 Å².